The topological polar surface area (TPSA) is 127 Å². The van der Waals surface area contributed by atoms with E-state index in [0.717, 1.165) is 24.0 Å². The van der Waals surface area contributed by atoms with Gasteiger partial charge in [-0.3, -0.25) is 20.4 Å². The molecule has 0 spiro atoms. The number of nitrogens with zero attached hydrogens (tertiary/aromatic N) is 1. The molecule has 9 nitrogen and oxygen atoms in total. The van der Waals surface area contributed by atoms with Crippen LogP contribution in [0.4, 0.5) is 0 Å². The molecule has 2 aromatic rings. The number of aliphatic hydroxyl groups excluding tert-OH is 1. The summed E-state index contributed by atoms with van der Waals surface area (Å²) in [6, 6.07) is 11.9. The third-order valence-electron chi connectivity index (χ3n) is 9.11. The molecule has 0 bridgehead atoms. The second kappa shape index (κ2) is 9.80. The van der Waals surface area contributed by atoms with Crippen LogP contribution in [-0.2, 0) is 4.79 Å². The van der Waals surface area contributed by atoms with Crippen LogP contribution in [0.3, 0.4) is 0 Å². The summed E-state index contributed by atoms with van der Waals surface area (Å²) in [7, 11) is 0. The Bertz CT molecular complexity index is 1250. The molecule has 3 heterocycles. The first-order valence-corrected chi connectivity index (χ1v) is 13.8. The Kier molecular flexibility index (Phi) is 6.89. The zero-order chi connectivity index (χ0) is 28.2. The maximum absolute atomic E-state index is 13.4. The molecule has 39 heavy (non-hydrogen) atoms. The van der Waals surface area contributed by atoms with Gasteiger partial charge in [0.1, 0.15) is 28.9 Å². The number of amides is 1. The van der Waals surface area contributed by atoms with Gasteiger partial charge in [-0.1, -0.05) is 38.1 Å². The van der Waals surface area contributed by atoms with Crippen molar-refractivity contribution in [3.05, 3.63) is 59.2 Å². The molecule has 1 amide bonds. The number of aliphatic hydroxyl groups is 2. The third kappa shape index (κ3) is 4.56. The van der Waals surface area contributed by atoms with E-state index in [9.17, 15) is 15.0 Å². The molecule has 3 unspecified atom stereocenters. The molecule has 2 aromatic carbocycles. The smallest absolute Gasteiger partial charge is 0.232 e. The number of guanidine groups is 1. The zero-order valence-corrected chi connectivity index (χ0v) is 23.4. The number of carbonyl (C=O) groups excluding carboxylic acids is 1. The minimum absolute atomic E-state index is 0.0820. The van der Waals surface area contributed by atoms with Gasteiger partial charge in [0.15, 0.2) is 5.96 Å². The van der Waals surface area contributed by atoms with Gasteiger partial charge in [-0.05, 0) is 57.4 Å². The van der Waals surface area contributed by atoms with Crippen LogP contribution in [0.2, 0.25) is 0 Å². The van der Waals surface area contributed by atoms with Crippen molar-refractivity contribution < 1.29 is 24.5 Å². The van der Waals surface area contributed by atoms with Crippen LogP contribution >= 0.6 is 0 Å². The predicted molar refractivity (Wildman–Crippen MR) is 148 cm³/mol. The first-order chi connectivity index (χ1) is 18.4. The molecule has 4 atom stereocenters. The molecular formula is C30H40N4O5. The molecule has 5 rings (SSSR count). The van der Waals surface area contributed by atoms with Crippen LogP contribution in [0.1, 0.15) is 95.3 Å². The lowest BCUT2D eigenvalue weighted by atomic mass is 9.75. The number of rotatable bonds is 6. The standard InChI is InChI=1S/C30H40N4O5/c1-6-30(7-2)17-24(35)34(27(31)33-30)21-14-15-38-22-13-12-18(16-20(21)22)26(36)32-25-19-10-8-9-11-23(19)39-28(3,4)29(25,5)37/h8-13,16,21,25-26,32,36-37H,6-7,14-15,17H2,1-5H3,(H2,31,33)/t21-,25?,26?,29?/m1/s1. The van der Waals surface area contributed by atoms with E-state index in [1.807, 2.05) is 58.0 Å². The second-order valence-electron chi connectivity index (χ2n) is 11.7. The van der Waals surface area contributed by atoms with E-state index in [2.05, 4.69) is 10.6 Å². The molecule has 1 fully saturated rings. The SMILES string of the molecule is CCC1(CC)CC(=O)N([C@@H]2CCOc3ccc(C(O)NC4c5ccccc5OC(C)(C)C4(C)O)cc32)C(=N)N1. The Morgan fingerprint density at radius 1 is 1.13 bits per heavy atom. The number of ether oxygens (including phenoxy) is 2. The molecular weight excluding hydrogens is 496 g/mol. The highest BCUT2D eigenvalue weighted by Crippen LogP contribution is 2.47. The van der Waals surface area contributed by atoms with Crippen molar-refractivity contribution in [1.82, 2.24) is 15.5 Å². The van der Waals surface area contributed by atoms with E-state index in [1.165, 1.54) is 4.90 Å². The fraction of sp³-hybridized carbons (Fsp3) is 0.533. The molecule has 0 saturated carbocycles. The van der Waals surface area contributed by atoms with Gasteiger partial charge in [-0.15, -0.1) is 0 Å². The number of para-hydroxylation sites is 1. The van der Waals surface area contributed by atoms with E-state index in [-0.39, 0.29) is 17.9 Å². The second-order valence-corrected chi connectivity index (χ2v) is 11.7. The van der Waals surface area contributed by atoms with E-state index < -0.39 is 29.0 Å². The Morgan fingerprint density at radius 3 is 2.54 bits per heavy atom. The molecule has 0 aliphatic carbocycles. The maximum Gasteiger partial charge on any atom is 0.232 e. The summed E-state index contributed by atoms with van der Waals surface area (Å²) in [5, 5.41) is 38.2. The van der Waals surface area contributed by atoms with Crippen LogP contribution in [0, 0.1) is 5.41 Å². The van der Waals surface area contributed by atoms with Gasteiger partial charge in [0, 0.05) is 23.1 Å². The van der Waals surface area contributed by atoms with Gasteiger partial charge in [-0.2, -0.15) is 0 Å². The normalized spacial score (nSPS) is 27.9. The van der Waals surface area contributed by atoms with E-state index in [4.69, 9.17) is 14.9 Å². The molecule has 5 N–H and O–H groups in total. The Morgan fingerprint density at radius 2 is 1.85 bits per heavy atom. The summed E-state index contributed by atoms with van der Waals surface area (Å²) < 4.78 is 12.0. The highest BCUT2D eigenvalue weighted by Gasteiger charge is 2.53. The minimum atomic E-state index is -1.34. The van der Waals surface area contributed by atoms with Gasteiger partial charge >= 0.3 is 0 Å². The first-order valence-electron chi connectivity index (χ1n) is 13.8. The summed E-state index contributed by atoms with van der Waals surface area (Å²) in [6.07, 6.45) is 1.25. The van der Waals surface area contributed by atoms with Crippen molar-refractivity contribution in [2.45, 2.75) is 95.4 Å². The van der Waals surface area contributed by atoms with E-state index >= 15 is 0 Å². The Hall–Kier alpha value is -3.14. The Labute approximate surface area is 230 Å². The summed E-state index contributed by atoms with van der Waals surface area (Å²) in [5.74, 6) is 1.31. The molecule has 3 aliphatic rings. The zero-order valence-electron chi connectivity index (χ0n) is 23.4. The quantitative estimate of drug-likeness (QED) is 0.352. The number of fused-ring (bicyclic) bond motifs is 2. The van der Waals surface area contributed by atoms with Crippen LogP contribution in [0.25, 0.3) is 0 Å². The highest BCUT2D eigenvalue weighted by molar-refractivity contribution is 5.99. The van der Waals surface area contributed by atoms with Crippen molar-refractivity contribution in [1.29, 1.82) is 5.41 Å². The highest BCUT2D eigenvalue weighted by atomic mass is 16.5. The van der Waals surface area contributed by atoms with E-state index in [1.54, 1.807) is 19.1 Å². The average molecular weight is 537 g/mol. The lowest BCUT2D eigenvalue weighted by Gasteiger charge is -2.50. The number of benzene rings is 2. The maximum atomic E-state index is 13.4. The number of hydrogen-bond acceptors (Lipinski definition) is 7. The summed E-state index contributed by atoms with van der Waals surface area (Å²) in [6.45, 7) is 9.86. The number of hydrogen-bond donors (Lipinski definition) is 5. The van der Waals surface area contributed by atoms with Gasteiger partial charge in [0.2, 0.25) is 5.91 Å². The van der Waals surface area contributed by atoms with Gasteiger partial charge < -0.3 is 25.0 Å². The fourth-order valence-electron chi connectivity index (χ4n) is 6.04. The first kappa shape index (κ1) is 27.4. The van der Waals surface area contributed by atoms with Crippen molar-refractivity contribution in [3.8, 4) is 11.5 Å². The molecule has 0 aromatic heterocycles. The molecule has 0 radical (unpaired) electrons. The molecule has 3 aliphatic heterocycles. The fourth-order valence-corrected chi connectivity index (χ4v) is 6.04. The van der Waals surface area contributed by atoms with Gasteiger partial charge in [0.25, 0.3) is 0 Å². The predicted octanol–water partition coefficient (Wildman–Crippen LogP) is 4.07. The van der Waals surface area contributed by atoms with Crippen LogP contribution in [-0.4, -0.2) is 50.3 Å². The summed E-state index contributed by atoms with van der Waals surface area (Å²) >= 11 is 0. The minimum Gasteiger partial charge on any atom is -0.493 e. The largest absolute Gasteiger partial charge is 0.493 e. The average Bonchev–Trinajstić information content (AvgIpc) is 2.90. The van der Waals surface area contributed by atoms with Gasteiger partial charge in [-0.25, -0.2) is 0 Å². The van der Waals surface area contributed by atoms with Crippen LogP contribution < -0.4 is 20.1 Å². The van der Waals surface area contributed by atoms with Crippen LogP contribution in [0.15, 0.2) is 42.5 Å². The number of nitrogens with one attached hydrogen (secondary N) is 3. The molecule has 9 heteroatoms. The lowest BCUT2D eigenvalue weighted by Crippen LogP contribution is -2.62. The van der Waals surface area contributed by atoms with Crippen molar-refractivity contribution in [2.24, 2.45) is 0 Å². The monoisotopic (exact) mass is 536 g/mol. The number of carbonyl (C=O) groups is 1. The third-order valence-corrected chi connectivity index (χ3v) is 9.11. The molecule has 210 valence electrons. The van der Waals surface area contributed by atoms with Gasteiger partial charge in [0.05, 0.1) is 25.1 Å². The van der Waals surface area contributed by atoms with E-state index in [0.29, 0.717) is 36.5 Å². The van der Waals surface area contributed by atoms with Crippen molar-refractivity contribution in [2.75, 3.05) is 6.61 Å². The van der Waals surface area contributed by atoms with Crippen LogP contribution in [0.5, 0.6) is 11.5 Å². The van der Waals surface area contributed by atoms with Crippen molar-refractivity contribution >= 4 is 11.9 Å². The van der Waals surface area contributed by atoms with Crippen molar-refractivity contribution in [3.63, 3.8) is 0 Å². The lowest BCUT2D eigenvalue weighted by molar-refractivity contribution is -0.146. The summed E-state index contributed by atoms with van der Waals surface area (Å²) in [4.78, 5) is 14.9. The Balaban J connectivity index is 1.44. The summed E-state index contributed by atoms with van der Waals surface area (Å²) in [5.41, 5.74) is -0.572. The molecule has 1 saturated heterocycles.